The Morgan fingerprint density at radius 3 is 2.71 bits per heavy atom. The summed E-state index contributed by atoms with van der Waals surface area (Å²) in [6.07, 6.45) is 1.43. The minimum Gasteiger partial charge on any atom is -0.507 e. The highest BCUT2D eigenvalue weighted by molar-refractivity contribution is 5.99. The van der Waals surface area contributed by atoms with Gasteiger partial charge in [0.05, 0.1) is 16.8 Å². The van der Waals surface area contributed by atoms with E-state index in [1.165, 1.54) is 18.3 Å². The van der Waals surface area contributed by atoms with Crippen molar-refractivity contribution in [2.24, 2.45) is 10.2 Å². The van der Waals surface area contributed by atoms with Crippen molar-refractivity contribution in [3.63, 3.8) is 0 Å². The van der Waals surface area contributed by atoms with Crippen molar-refractivity contribution in [3.05, 3.63) is 69.8 Å². The summed E-state index contributed by atoms with van der Waals surface area (Å²) in [6.45, 7) is 1.71. The zero-order valence-corrected chi connectivity index (χ0v) is 11.3. The molecule has 0 radical (unpaired) electrons. The predicted octanol–water partition coefficient (Wildman–Crippen LogP) is 3.14. The van der Waals surface area contributed by atoms with Crippen LogP contribution in [0.3, 0.4) is 0 Å². The van der Waals surface area contributed by atoms with Gasteiger partial charge < -0.3 is 5.11 Å². The smallest absolute Gasteiger partial charge is 0.270 e. The quantitative estimate of drug-likeness (QED) is 0.531. The van der Waals surface area contributed by atoms with E-state index in [-0.39, 0.29) is 11.4 Å². The van der Waals surface area contributed by atoms with E-state index in [1.807, 2.05) is 0 Å². The molecule has 0 unspecified atom stereocenters. The number of aromatic hydroxyl groups is 1. The van der Waals surface area contributed by atoms with Gasteiger partial charge in [-0.25, -0.2) is 0 Å². The minimum atomic E-state index is -0.456. The van der Waals surface area contributed by atoms with Gasteiger partial charge >= 0.3 is 0 Å². The highest BCUT2D eigenvalue weighted by Gasteiger charge is 2.07. The fourth-order valence-corrected chi connectivity index (χ4v) is 1.68. The Hall–Kier alpha value is -3.02. The number of non-ortho nitro benzene ring substituents is 1. The molecule has 106 valence electrons. The first-order valence-corrected chi connectivity index (χ1v) is 6.18. The van der Waals surface area contributed by atoms with E-state index in [2.05, 4.69) is 10.2 Å². The van der Waals surface area contributed by atoms with Crippen LogP contribution in [0.4, 0.5) is 5.69 Å². The lowest BCUT2D eigenvalue weighted by Gasteiger charge is -1.99. The molecule has 1 N–H and O–H groups in total. The fraction of sp³-hybridized carbons (Fsp3) is 0.0667. The van der Waals surface area contributed by atoms with Gasteiger partial charge in [0.15, 0.2) is 0 Å². The first-order chi connectivity index (χ1) is 10.1. The Balaban J connectivity index is 2.20. The highest BCUT2D eigenvalue weighted by Crippen LogP contribution is 2.15. The van der Waals surface area contributed by atoms with Gasteiger partial charge in [0, 0.05) is 23.3 Å². The molecule has 2 aromatic carbocycles. The molecule has 0 atom stereocenters. The molecule has 0 aromatic heterocycles. The van der Waals surface area contributed by atoms with Crippen LogP contribution in [0.15, 0.2) is 58.7 Å². The topological polar surface area (TPSA) is 88.1 Å². The molecular weight excluding hydrogens is 270 g/mol. The van der Waals surface area contributed by atoms with Crippen LogP contribution in [-0.4, -0.2) is 22.0 Å². The van der Waals surface area contributed by atoms with E-state index in [4.69, 9.17) is 0 Å². The van der Waals surface area contributed by atoms with E-state index in [0.29, 0.717) is 16.8 Å². The van der Waals surface area contributed by atoms with Crippen molar-refractivity contribution in [3.8, 4) is 5.75 Å². The first kappa shape index (κ1) is 14.4. The normalized spacial score (nSPS) is 11.8. The fourth-order valence-electron chi connectivity index (χ4n) is 1.68. The molecule has 0 aliphatic heterocycles. The van der Waals surface area contributed by atoms with Gasteiger partial charge in [0.1, 0.15) is 5.75 Å². The average molecular weight is 283 g/mol. The van der Waals surface area contributed by atoms with E-state index >= 15 is 0 Å². The van der Waals surface area contributed by atoms with Crippen molar-refractivity contribution < 1.29 is 10.0 Å². The lowest BCUT2D eigenvalue weighted by Crippen LogP contribution is -1.96. The minimum absolute atomic E-state index is 0.00623. The van der Waals surface area contributed by atoms with Crippen molar-refractivity contribution in [2.45, 2.75) is 6.92 Å². The summed E-state index contributed by atoms with van der Waals surface area (Å²) >= 11 is 0. The van der Waals surface area contributed by atoms with Gasteiger partial charge in [-0.2, -0.15) is 10.2 Å². The molecule has 0 aliphatic carbocycles. The van der Waals surface area contributed by atoms with Gasteiger partial charge in [0.2, 0.25) is 0 Å². The summed E-state index contributed by atoms with van der Waals surface area (Å²) in [5.74, 6) is 0.115. The monoisotopic (exact) mass is 283 g/mol. The highest BCUT2D eigenvalue weighted by atomic mass is 16.6. The first-order valence-electron chi connectivity index (χ1n) is 6.18. The third-order valence-corrected chi connectivity index (χ3v) is 2.82. The summed E-state index contributed by atoms with van der Waals surface area (Å²) in [4.78, 5) is 10.3. The predicted molar refractivity (Wildman–Crippen MR) is 81.0 cm³/mol. The number of phenols is 1. The van der Waals surface area contributed by atoms with Crippen LogP contribution in [0.5, 0.6) is 5.75 Å². The second kappa shape index (κ2) is 6.42. The maximum atomic E-state index is 10.7. The molecule has 0 amide bonds. The van der Waals surface area contributed by atoms with Gasteiger partial charge in [-0.05, 0) is 19.1 Å². The Labute approximate surface area is 121 Å². The van der Waals surface area contributed by atoms with Crippen molar-refractivity contribution in [1.29, 1.82) is 0 Å². The molecule has 21 heavy (non-hydrogen) atoms. The summed E-state index contributed by atoms with van der Waals surface area (Å²) in [5.41, 5.74) is 1.73. The molecule has 6 nitrogen and oxygen atoms in total. The van der Waals surface area contributed by atoms with E-state index in [0.717, 1.165) is 0 Å². The SMILES string of the molecule is C/C(=N\N=C\c1ccccc1O)c1cccc([N+](=O)[O-])c1. The average Bonchev–Trinajstić information content (AvgIpc) is 2.49. The molecule has 6 heteroatoms. The van der Waals surface area contributed by atoms with Crippen LogP contribution in [0, 0.1) is 10.1 Å². The van der Waals surface area contributed by atoms with Crippen LogP contribution < -0.4 is 0 Å². The number of nitro groups is 1. The van der Waals surface area contributed by atoms with E-state index in [1.54, 1.807) is 43.3 Å². The zero-order chi connectivity index (χ0) is 15.2. The Morgan fingerprint density at radius 1 is 1.24 bits per heavy atom. The third kappa shape index (κ3) is 3.73. The number of rotatable bonds is 4. The molecule has 0 spiro atoms. The molecule has 2 rings (SSSR count). The van der Waals surface area contributed by atoms with Crippen LogP contribution in [0.1, 0.15) is 18.1 Å². The molecule has 0 saturated heterocycles. The van der Waals surface area contributed by atoms with Gasteiger partial charge in [-0.3, -0.25) is 10.1 Å². The molecular formula is C15H13N3O3. The lowest BCUT2D eigenvalue weighted by molar-refractivity contribution is -0.384. The molecule has 0 heterocycles. The molecule has 0 saturated carbocycles. The van der Waals surface area contributed by atoms with Gasteiger partial charge in [-0.15, -0.1) is 0 Å². The summed E-state index contributed by atoms with van der Waals surface area (Å²) in [5, 5.41) is 28.2. The molecule has 0 bridgehead atoms. The van der Waals surface area contributed by atoms with Gasteiger partial charge in [-0.1, -0.05) is 24.3 Å². The van der Waals surface area contributed by atoms with Crippen molar-refractivity contribution in [2.75, 3.05) is 0 Å². The number of phenolic OH excluding ortho intramolecular Hbond substituents is 1. The van der Waals surface area contributed by atoms with E-state index < -0.39 is 4.92 Å². The largest absolute Gasteiger partial charge is 0.507 e. The summed E-state index contributed by atoms with van der Waals surface area (Å²) in [6, 6.07) is 12.9. The number of hydrogen-bond acceptors (Lipinski definition) is 5. The molecule has 0 fully saturated rings. The van der Waals surface area contributed by atoms with Crippen LogP contribution >= 0.6 is 0 Å². The summed E-state index contributed by atoms with van der Waals surface area (Å²) < 4.78 is 0. The van der Waals surface area contributed by atoms with Crippen LogP contribution in [0.2, 0.25) is 0 Å². The molecule has 2 aromatic rings. The zero-order valence-electron chi connectivity index (χ0n) is 11.3. The second-order valence-corrected chi connectivity index (χ2v) is 4.30. The standard InChI is InChI=1S/C15H13N3O3/c1-11(12-6-4-7-14(9-12)18(20)21)17-16-10-13-5-2-3-8-15(13)19/h2-10,19H,1H3/b16-10+,17-11+. The maximum absolute atomic E-state index is 10.7. The Kier molecular flexibility index (Phi) is 4.40. The van der Waals surface area contributed by atoms with Crippen molar-refractivity contribution in [1.82, 2.24) is 0 Å². The number of nitro benzene ring substituents is 1. The Morgan fingerprint density at radius 2 is 2.00 bits per heavy atom. The van der Waals surface area contributed by atoms with Crippen molar-refractivity contribution >= 4 is 17.6 Å². The van der Waals surface area contributed by atoms with Crippen LogP contribution in [0.25, 0.3) is 0 Å². The number of benzene rings is 2. The van der Waals surface area contributed by atoms with E-state index in [9.17, 15) is 15.2 Å². The second-order valence-electron chi connectivity index (χ2n) is 4.30. The maximum Gasteiger partial charge on any atom is 0.270 e. The number of hydrogen-bond donors (Lipinski definition) is 1. The summed E-state index contributed by atoms with van der Waals surface area (Å²) in [7, 11) is 0. The number of para-hydroxylation sites is 1. The van der Waals surface area contributed by atoms with Crippen LogP contribution in [-0.2, 0) is 0 Å². The number of nitrogens with zero attached hydrogens (tertiary/aromatic N) is 3. The third-order valence-electron chi connectivity index (χ3n) is 2.82. The lowest BCUT2D eigenvalue weighted by atomic mass is 10.1. The Bertz CT molecular complexity index is 724. The molecule has 0 aliphatic rings. The van der Waals surface area contributed by atoms with Gasteiger partial charge in [0.25, 0.3) is 5.69 Å².